The fraction of sp³-hybridized carbons (Fsp3) is 1.00. The molecule has 0 radical (unpaired) electrons. The molecular formula is C10H23NOS. The van der Waals surface area contributed by atoms with Crippen molar-refractivity contribution in [2.24, 2.45) is 0 Å². The largest absolute Gasteiger partial charge is 0.381 e. The third-order valence-electron chi connectivity index (χ3n) is 2.01. The fourth-order valence-electron chi connectivity index (χ4n) is 1.00. The molecule has 0 aliphatic heterocycles. The van der Waals surface area contributed by atoms with Crippen LogP contribution in [0, 0.1) is 0 Å². The fourth-order valence-corrected chi connectivity index (χ4v) is 1.41. The van der Waals surface area contributed by atoms with E-state index < -0.39 is 0 Å². The molecule has 0 aromatic rings. The van der Waals surface area contributed by atoms with Crippen LogP contribution in [0.25, 0.3) is 0 Å². The minimum atomic E-state index is 0.915. The predicted molar refractivity (Wildman–Crippen MR) is 61.6 cm³/mol. The maximum absolute atomic E-state index is 5.49. The molecule has 0 spiro atoms. The summed E-state index contributed by atoms with van der Waals surface area (Å²) in [5.41, 5.74) is 0. The molecule has 13 heavy (non-hydrogen) atoms. The summed E-state index contributed by atoms with van der Waals surface area (Å²) < 4.78 is 5.49. The summed E-state index contributed by atoms with van der Waals surface area (Å²) in [6, 6.07) is 0. The molecule has 0 saturated carbocycles. The average molecular weight is 205 g/mol. The van der Waals surface area contributed by atoms with Gasteiger partial charge in [0, 0.05) is 19.8 Å². The predicted octanol–water partition coefficient (Wildman–Crippen LogP) is 2.10. The number of thioether (sulfide) groups is 1. The highest BCUT2D eigenvalue weighted by atomic mass is 32.2. The maximum atomic E-state index is 5.49. The lowest BCUT2D eigenvalue weighted by molar-refractivity contribution is 0.125. The quantitative estimate of drug-likeness (QED) is 0.535. The van der Waals surface area contributed by atoms with Crippen LogP contribution >= 0.6 is 11.8 Å². The van der Waals surface area contributed by atoms with Crippen molar-refractivity contribution in [3.05, 3.63) is 0 Å². The van der Waals surface area contributed by atoms with Gasteiger partial charge in [-0.15, -0.1) is 0 Å². The van der Waals surface area contributed by atoms with Crippen LogP contribution in [-0.2, 0) is 4.74 Å². The number of rotatable bonds is 9. The molecule has 0 aromatic carbocycles. The smallest absolute Gasteiger partial charge is 0.0478 e. The summed E-state index contributed by atoms with van der Waals surface area (Å²) in [6.07, 6.45) is 4.48. The molecule has 0 aliphatic rings. The second kappa shape index (κ2) is 10.4. The third-order valence-corrected chi connectivity index (χ3v) is 2.70. The second-order valence-corrected chi connectivity index (χ2v) is 4.19. The van der Waals surface area contributed by atoms with Gasteiger partial charge >= 0.3 is 0 Å². The summed E-state index contributed by atoms with van der Waals surface area (Å²) in [5, 5.41) is 0. The van der Waals surface area contributed by atoms with Crippen LogP contribution in [0.4, 0.5) is 0 Å². The SMILES string of the molecule is CCN(C)CCCOCCCSC. The van der Waals surface area contributed by atoms with Gasteiger partial charge in [-0.25, -0.2) is 0 Å². The van der Waals surface area contributed by atoms with Crippen molar-refractivity contribution in [3.63, 3.8) is 0 Å². The Balaban J connectivity index is 2.91. The van der Waals surface area contributed by atoms with Gasteiger partial charge in [0.05, 0.1) is 0 Å². The summed E-state index contributed by atoms with van der Waals surface area (Å²) in [7, 11) is 2.15. The lowest BCUT2D eigenvalue weighted by Gasteiger charge is -2.13. The molecule has 0 bridgehead atoms. The molecule has 0 atom stereocenters. The second-order valence-electron chi connectivity index (χ2n) is 3.21. The molecule has 80 valence electrons. The molecule has 0 amide bonds. The van der Waals surface area contributed by atoms with Crippen molar-refractivity contribution in [1.82, 2.24) is 4.90 Å². The Hall–Kier alpha value is 0.270. The van der Waals surface area contributed by atoms with E-state index in [0.717, 1.165) is 32.7 Å². The molecule has 0 aromatic heterocycles. The van der Waals surface area contributed by atoms with Gasteiger partial charge in [0.1, 0.15) is 0 Å². The Morgan fingerprint density at radius 3 is 2.54 bits per heavy atom. The summed E-state index contributed by atoms with van der Waals surface area (Å²) >= 11 is 1.89. The molecule has 0 N–H and O–H groups in total. The highest BCUT2D eigenvalue weighted by Crippen LogP contribution is 1.96. The highest BCUT2D eigenvalue weighted by Gasteiger charge is 1.93. The van der Waals surface area contributed by atoms with Crippen molar-refractivity contribution in [3.8, 4) is 0 Å². The Bertz CT molecular complexity index is 101. The first-order valence-corrected chi connectivity index (χ1v) is 6.45. The lowest BCUT2D eigenvalue weighted by atomic mass is 10.4. The molecule has 0 unspecified atom stereocenters. The van der Waals surface area contributed by atoms with Gasteiger partial charge in [0.2, 0.25) is 0 Å². The normalized spacial score (nSPS) is 11.1. The summed E-state index contributed by atoms with van der Waals surface area (Å²) in [6.45, 7) is 6.31. The van der Waals surface area contributed by atoms with E-state index in [1.165, 1.54) is 12.2 Å². The van der Waals surface area contributed by atoms with Gasteiger partial charge < -0.3 is 9.64 Å². The van der Waals surface area contributed by atoms with Crippen LogP contribution in [0.15, 0.2) is 0 Å². The summed E-state index contributed by atoms with van der Waals surface area (Å²) in [5.74, 6) is 1.22. The number of hydrogen-bond acceptors (Lipinski definition) is 3. The molecule has 0 fully saturated rings. The van der Waals surface area contributed by atoms with E-state index in [2.05, 4.69) is 25.1 Å². The van der Waals surface area contributed by atoms with Gasteiger partial charge in [-0.1, -0.05) is 6.92 Å². The molecule has 0 saturated heterocycles. The lowest BCUT2D eigenvalue weighted by Crippen LogP contribution is -2.20. The molecule has 2 nitrogen and oxygen atoms in total. The monoisotopic (exact) mass is 205 g/mol. The standard InChI is InChI=1S/C10H23NOS/c1-4-11(2)7-5-8-12-9-6-10-13-3/h4-10H2,1-3H3. The van der Waals surface area contributed by atoms with E-state index >= 15 is 0 Å². The summed E-state index contributed by atoms with van der Waals surface area (Å²) in [4.78, 5) is 2.31. The van der Waals surface area contributed by atoms with Crippen molar-refractivity contribution in [2.75, 3.05) is 45.4 Å². The number of hydrogen-bond donors (Lipinski definition) is 0. The Morgan fingerprint density at radius 2 is 1.92 bits per heavy atom. The molecule has 0 aliphatic carbocycles. The Labute approximate surface area is 87.0 Å². The van der Waals surface area contributed by atoms with Crippen LogP contribution in [-0.4, -0.2) is 50.3 Å². The van der Waals surface area contributed by atoms with Crippen molar-refractivity contribution in [1.29, 1.82) is 0 Å². The van der Waals surface area contributed by atoms with E-state index in [9.17, 15) is 0 Å². The van der Waals surface area contributed by atoms with Crippen molar-refractivity contribution < 1.29 is 4.74 Å². The van der Waals surface area contributed by atoms with Gasteiger partial charge in [0.25, 0.3) is 0 Å². The van der Waals surface area contributed by atoms with Crippen LogP contribution in [0.1, 0.15) is 19.8 Å². The van der Waals surface area contributed by atoms with E-state index in [-0.39, 0.29) is 0 Å². The number of ether oxygens (including phenoxy) is 1. The molecule has 0 heterocycles. The van der Waals surface area contributed by atoms with Crippen LogP contribution in [0.3, 0.4) is 0 Å². The average Bonchev–Trinajstić information content (AvgIpc) is 2.16. The van der Waals surface area contributed by atoms with Crippen molar-refractivity contribution in [2.45, 2.75) is 19.8 Å². The van der Waals surface area contributed by atoms with Crippen LogP contribution in [0.5, 0.6) is 0 Å². The van der Waals surface area contributed by atoms with Crippen LogP contribution in [0.2, 0.25) is 0 Å². The van der Waals surface area contributed by atoms with E-state index in [0.29, 0.717) is 0 Å². The zero-order valence-corrected chi connectivity index (χ0v) is 10.0. The van der Waals surface area contributed by atoms with Gasteiger partial charge in [-0.05, 0) is 38.4 Å². The zero-order chi connectivity index (χ0) is 9.94. The number of nitrogens with zero attached hydrogens (tertiary/aromatic N) is 1. The van der Waals surface area contributed by atoms with E-state index in [4.69, 9.17) is 4.74 Å². The van der Waals surface area contributed by atoms with Crippen molar-refractivity contribution >= 4 is 11.8 Å². The first-order valence-electron chi connectivity index (χ1n) is 5.06. The highest BCUT2D eigenvalue weighted by molar-refractivity contribution is 7.98. The van der Waals surface area contributed by atoms with Gasteiger partial charge in [0.15, 0.2) is 0 Å². The third kappa shape index (κ3) is 10.2. The van der Waals surface area contributed by atoms with Gasteiger partial charge in [-0.3, -0.25) is 0 Å². The van der Waals surface area contributed by atoms with E-state index in [1.807, 2.05) is 11.8 Å². The minimum absolute atomic E-state index is 0.915. The molecule has 3 heteroatoms. The minimum Gasteiger partial charge on any atom is -0.381 e. The first kappa shape index (κ1) is 13.3. The van der Waals surface area contributed by atoms with Gasteiger partial charge in [-0.2, -0.15) is 11.8 Å². The zero-order valence-electron chi connectivity index (χ0n) is 9.21. The molecular weight excluding hydrogens is 182 g/mol. The van der Waals surface area contributed by atoms with E-state index in [1.54, 1.807) is 0 Å². The maximum Gasteiger partial charge on any atom is 0.0478 e. The molecule has 0 rings (SSSR count). The van der Waals surface area contributed by atoms with Crippen LogP contribution < -0.4 is 0 Å². The Morgan fingerprint density at radius 1 is 1.23 bits per heavy atom. The first-order chi connectivity index (χ1) is 6.31. The Kier molecular flexibility index (Phi) is 10.6. The topological polar surface area (TPSA) is 12.5 Å².